The molecule has 2 aromatic rings. The van der Waals surface area contributed by atoms with Crippen molar-refractivity contribution in [2.75, 3.05) is 5.01 Å². The molecule has 0 saturated carbocycles. The number of benzene rings is 2. The van der Waals surface area contributed by atoms with Crippen LogP contribution in [0.25, 0.3) is 6.08 Å². The Morgan fingerprint density at radius 3 is 2.54 bits per heavy atom. The molecule has 3 rings (SSSR count). The lowest BCUT2D eigenvalue weighted by molar-refractivity contribution is -0.114. The zero-order chi connectivity index (χ0) is 17.4. The Morgan fingerprint density at radius 1 is 1.12 bits per heavy atom. The van der Waals surface area contributed by atoms with E-state index < -0.39 is 0 Å². The molecule has 6 heteroatoms. The number of aromatic hydroxyl groups is 2. The molecule has 1 aliphatic rings. The van der Waals surface area contributed by atoms with Crippen molar-refractivity contribution in [1.82, 2.24) is 0 Å². The van der Waals surface area contributed by atoms with Crippen LogP contribution in [-0.2, 0) is 4.79 Å². The van der Waals surface area contributed by atoms with E-state index in [4.69, 9.17) is 11.6 Å². The number of anilines is 1. The van der Waals surface area contributed by atoms with Crippen LogP contribution in [0.3, 0.4) is 0 Å². The van der Waals surface area contributed by atoms with Gasteiger partial charge in [-0.3, -0.25) is 4.79 Å². The first kappa shape index (κ1) is 16.1. The van der Waals surface area contributed by atoms with Gasteiger partial charge in [-0.25, -0.2) is 0 Å². The van der Waals surface area contributed by atoms with Crippen LogP contribution in [0.1, 0.15) is 18.1 Å². The van der Waals surface area contributed by atoms with Crippen molar-refractivity contribution in [3.63, 3.8) is 0 Å². The van der Waals surface area contributed by atoms with Gasteiger partial charge in [0.2, 0.25) is 0 Å². The molecule has 1 amide bonds. The Labute approximate surface area is 144 Å². The lowest BCUT2D eigenvalue weighted by Gasteiger charge is -2.12. The lowest BCUT2D eigenvalue weighted by Crippen LogP contribution is -2.21. The first-order valence-corrected chi connectivity index (χ1v) is 7.64. The van der Waals surface area contributed by atoms with Gasteiger partial charge in [0.25, 0.3) is 5.91 Å². The third-order valence-corrected chi connectivity index (χ3v) is 4.18. The molecule has 0 fully saturated rings. The van der Waals surface area contributed by atoms with Gasteiger partial charge in [-0.2, -0.15) is 10.1 Å². The molecule has 2 aromatic carbocycles. The summed E-state index contributed by atoms with van der Waals surface area (Å²) in [6.07, 6.45) is 1.55. The van der Waals surface area contributed by atoms with Crippen LogP contribution < -0.4 is 5.01 Å². The topological polar surface area (TPSA) is 73.1 Å². The summed E-state index contributed by atoms with van der Waals surface area (Å²) in [5.41, 5.74) is 2.82. The maximum atomic E-state index is 12.7. The molecule has 0 bridgehead atoms. The number of hydrogen-bond donors (Lipinski definition) is 2. The number of nitrogens with zero attached hydrogens (tertiary/aromatic N) is 2. The molecule has 0 spiro atoms. The zero-order valence-corrected chi connectivity index (χ0v) is 13.9. The van der Waals surface area contributed by atoms with Crippen LogP contribution in [0.5, 0.6) is 11.5 Å². The Bertz CT molecular complexity index is 903. The van der Waals surface area contributed by atoms with Crippen LogP contribution in [-0.4, -0.2) is 21.8 Å². The molecule has 2 N–H and O–H groups in total. The molecule has 5 nitrogen and oxygen atoms in total. The second-order valence-electron chi connectivity index (χ2n) is 5.54. The number of rotatable bonds is 2. The Hall–Kier alpha value is -2.79. The van der Waals surface area contributed by atoms with Crippen LogP contribution in [0.15, 0.2) is 47.1 Å². The number of amides is 1. The molecule has 24 heavy (non-hydrogen) atoms. The predicted octanol–water partition coefficient (Wildman–Crippen LogP) is 3.87. The zero-order valence-electron chi connectivity index (χ0n) is 13.1. The van der Waals surface area contributed by atoms with Gasteiger partial charge >= 0.3 is 0 Å². The molecule has 0 aliphatic carbocycles. The summed E-state index contributed by atoms with van der Waals surface area (Å²) in [5.74, 6) is -0.464. The summed E-state index contributed by atoms with van der Waals surface area (Å²) in [6, 6.07) is 9.47. The number of phenolic OH excluding ortho intramolecular Hbond substituents is 2. The van der Waals surface area contributed by atoms with Crippen LogP contribution >= 0.6 is 11.6 Å². The standard InChI is InChI=1S/C18H15ClN2O3/c1-10-3-5-13(8-16(10)19)21-18(24)15(11(2)20-21)7-12-4-6-14(22)9-17(12)23/h3-9,22-23H,1-2H3/b15-7-. The van der Waals surface area contributed by atoms with Crippen molar-refractivity contribution in [3.05, 3.63) is 58.1 Å². The first-order chi connectivity index (χ1) is 11.4. The molecule has 0 radical (unpaired) electrons. The fraction of sp³-hybridized carbons (Fsp3) is 0.111. The Kier molecular flexibility index (Phi) is 4.03. The number of aryl methyl sites for hydroxylation is 1. The van der Waals surface area contributed by atoms with E-state index in [9.17, 15) is 15.0 Å². The molecule has 0 saturated heterocycles. The van der Waals surface area contributed by atoms with E-state index in [2.05, 4.69) is 5.10 Å². The van der Waals surface area contributed by atoms with Gasteiger partial charge in [0.05, 0.1) is 17.0 Å². The van der Waals surface area contributed by atoms with E-state index in [0.717, 1.165) is 5.56 Å². The van der Waals surface area contributed by atoms with E-state index in [-0.39, 0.29) is 17.4 Å². The molecule has 0 unspecified atom stereocenters. The van der Waals surface area contributed by atoms with Crippen LogP contribution in [0, 0.1) is 6.92 Å². The van der Waals surface area contributed by atoms with E-state index in [1.165, 1.54) is 23.2 Å². The number of carbonyl (C=O) groups excluding carboxylic acids is 1. The third-order valence-electron chi connectivity index (χ3n) is 3.78. The minimum Gasteiger partial charge on any atom is -0.508 e. The average Bonchev–Trinajstić information content (AvgIpc) is 2.80. The number of halogens is 1. The molecule has 1 aliphatic heterocycles. The van der Waals surface area contributed by atoms with Gasteiger partial charge in [-0.05, 0) is 49.8 Å². The highest BCUT2D eigenvalue weighted by Gasteiger charge is 2.29. The van der Waals surface area contributed by atoms with Crippen molar-refractivity contribution in [2.45, 2.75) is 13.8 Å². The van der Waals surface area contributed by atoms with Gasteiger partial charge < -0.3 is 10.2 Å². The molecular formula is C18H15ClN2O3. The summed E-state index contributed by atoms with van der Waals surface area (Å²) in [4.78, 5) is 12.7. The second kappa shape index (κ2) is 6.02. The van der Waals surface area contributed by atoms with Gasteiger partial charge in [-0.1, -0.05) is 17.7 Å². The fourth-order valence-electron chi connectivity index (χ4n) is 2.38. The highest BCUT2D eigenvalue weighted by Crippen LogP contribution is 2.30. The Morgan fingerprint density at radius 2 is 1.88 bits per heavy atom. The molecule has 1 heterocycles. The first-order valence-electron chi connectivity index (χ1n) is 7.26. The summed E-state index contributed by atoms with van der Waals surface area (Å²) in [7, 11) is 0. The SMILES string of the molecule is CC1=NN(c2ccc(C)c(Cl)c2)C(=O)/C1=C\c1ccc(O)cc1O. The van der Waals surface area contributed by atoms with Crippen molar-refractivity contribution in [2.24, 2.45) is 5.10 Å². The number of hydrazone groups is 1. The quantitative estimate of drug-likeness (QED) is 0.814. The smallest absolute Gasteiger partial charge is 0.280 e. The molecular weight excluding hydrogens is 328 g/mol. The second-order valence-corrected chi connectivity index (χ2v) is 5.94. The predicted molar refractivity (Wildman–Crippen MR) is 94.5 cm³/mol. The fourth-order valence-corrected chi connectivity index (χ4v) is 2.56. The van der Waals surface area contributed by atoms with Gasteiger partial charge in [0, 0.05) is 16.7 Å². The Balaban J connectivity index is 1.98. The van der Waals surface area contributed by atoms with Crippen molar-refractivity contribution >= 4 is 35.0 Å². The largest absolute Gasteiger partial charge is 0.508 e. The summed E-state index contributed by atoms with van der Waals surface area (Å²) >= 11 is 6.12. The van der Waals surface area contributed by atoms with Crippen molar-refractivity contribution < 1.29 is 15.0 Å². The maximum Gasteiger partial charge on any atom is 0.280 e. The number of carbonyl (C=O) groups is 1. The van der Waals surface area contributed by atoms with Crippen LogP contribution in [0.2, 0.25) is 5.02 Å². The minimum absolute atomic E-state index is 0.0475. The van der Waals surface area contributed by atoms with Crippen molar-refractivity contribution in [1.29, 1.82) is 0 Å². The molecule has 122 valence electrons. The number of hydrogen-bond acceptors (Lipinski definition) is 4. The molecule has 0 atom stereocenters. The van der Waals surface area contributed by atoms with E-state index in [1.807, 2.05) is 13.0 Å². The average molecular weight is 343 g/mol. The van der Waals surface area contributed by atoms with Gasteiger partial charge in [0.15, 0.2) is 0 Å². The number of phenols is 2. The van der Waals surface area contributed by atoms with Crippen molar-refractivity contribution in [3.8, 4) is 11.5 Å². The van der Waals surface area contributed by atoms with E-state index in [1.54, 1.807) is 25.1 Å². The summed E-state index contributed by atoms with van der Waals surface area (Å²) < 4.78 is 0. The van der Waals surface area contributed by atoms with Gasteiger partial charge in [0.1, 0.15) is 11.5 Å². The van der Waals surface area contributed by atoms with Gasteiger partial charge in [-0.15, -0.1) is 0 Å². The summed E-state index contributed by atoms with van der Waals surface area (Å²) in [5, 5.41) is 25.4. The van der Waals surface area contributed by atoms with E-state index >= 15 is 0 Å². The van der Waals surface area contributed by atoms with Crippen LogP contribution in [0.4, 0.5) is 5.69 Å². The normalized spacial score (nSPS) is 16.0. The maximum absolute atomic E-state index is 12.7. The highest BCUT2D eigenvalue weighted by molar-refractivity contribution is 6.33. The minimum atomic E-state index is -0.306. The van der Waals surface area contributed by atoms with E-state index in [0.29, 0.717) is 27.6 Å². The highest BCUT2D eigenvalue weighted by atomic mass is 35.5. The lowest BCUT2D eigenvalue weighted by atomic mass is 10.1. The summed E-state index contributed by atoms with van der Waals surface area (Å²) in [6.45, 7) is 3.60. The third kappa shape index (κ3) is 2.86. The monoisotopic (exact) mass is 342 g/mol. The molecule has 0 aromatic heterocycles.